The normalized spacial score (nSPS) is 11.4. The Hall–Kier alpha value is -1.10. The molecule has 16 heavy (non-hydrogen) atoms. The first-order valence-electron chi connectivity index (χ1n) is 5.39. The highest BCUT2D eigenvalue weighted by atomic mass is 16.5. The van der Waals surface area contributed by atoms with Crippen molar-refractivity contribution in [1.29, 1.82) is 0 Å². The second kappa shape index (κ2) is 5.84. The Labute approximate surface area is 96.4 Å². The summed E-state index contributed by atoms with van der Waals surface area (Å²) in [6.07, 6.45) is 0. The summed E-state index contributed by atoms with van der Waals surface area (Å²) in [4.78, 5) is 24.4. The number of esters is 1. The third-order valence-corrected chi connectivity index (χ3v) is 2.01. The standard InChI is InChI=1S/C11H21NO4/c1-6-16-9(13)7-12(8(2)3)10(14)11(4,5)15/h8,15H,6-7H2,1-5H3. The molecule has 0 aliphatic rings. The van der Waals surface area contributed by atoms with Gasteiger partial charge in [-0.15, -0.1) is 0 Å². The van der Waals surface area contributed by atoms with Crippen LogP contribution in [0.1, 0.15) is 34.6 Å². The van der Waals surface area contributed by atoms with Crippen molar-refractivity contribution in [1.82, 2.24) is 4.90 Å². The molecule has 0 unspecified atom stereocenters. The van der Waals surface area contributed by atoms with Gasteiger partial charge in [0.25, 0.3) is 5.91 Å². The van der Waals surface area contributed by atoms with Crippen LogP contribution in [0.5, 0.6) is 0 Å². The first-order valence-corrected chi connectivity index (χ1v) is 5.39. The lowest BCUT2D eigenvalue weighted by Crippen LogP contribution is -2.50. The van der Waals surface area contributed by atoms with Gasteiger partial charge in [-0.05, 0) is 34.6 Å². The fourth-order valence-corrected chi connectivity index (χ4v) is 1.19. The van der Waals surface area contributed by atoms with E-state index >= 15 is 0 Å². The molecule has 1 amide bonds. The van der Waals surface area contributed by atoms with E-state index < -0.39 is 17.5 Å². The van der Waals surface area contributed by atoms with Crippen LogP contribution in [0.2, 0.25) is 0 Å². The Kier molecular flexibility index (Phi) is 5.44. The number of carbonyl (C=O) groups excluding carboxylic acids is 2. The van der Waals surface area contributed by atoms with Gasteiger partial charge in [0, 0.05) is 6.04 Å². The highest BCUT2D eigenvalue weighted by molar-refractivity contribution is 5.87. The molecule has 0 bridgehead atoms. The van der Waals surface area contributed by atoms with Crippen molar-refractivity contribution < 1.29 is 19.4 Å². The molecule has 94 valence electrons. The molecule has 5 heteroatoms. The Morgan fingerprint density at radius 1 is 1.38 bits per heavy atom. The summed E-state index contributed by atoms with van der Waals surface area (Å²) in [5, 5.41) is 9.60. The number of nitrogens with zero attached hydrogens (tertiary/aromatic N) is 1. The van der Waals surface area contributed by atoms with Gasteiger partial charge in [-0.25, -0.2) is 0 Å². The number of ether oxygens (including phenoxy) is 1. The maximum Gasteiger partial charge on any atom is 0.325 e. The third-order valence-electron chi connectivity index (χ3n) is 2.01. The Morgan fingerprint density at radius 3 is 2.19 bits per heavy atom. The zero-order valence-electron chi connectivity index (χ0n) is 10.6. The lowest BCUT2D eigenvalue weighted by atomic mass is 10.1. The smallest absolute Gasteiger partial charge is 0.325 e. The predicted octanol–water partition coefficient (Wildman–Crippen LogP) is 0.557. The molecule has 5 nitrogen and oxygen atoms in total. The van der Waals surface area contributed by atoms with Crippen LogP contribution < -0.4 is 0 Å². The monoisotopic (exact) mass is 231 g/mol. The molecule has 1 N–H and O–H groups in total. The Balaban J connectivity index is 4.64. The van der Waals surface area contributed by atoms with Gasteiger partial charge in [0.2, 0.25) is 0 Å². The van der Waals surface area contributed by atoms with Crippen LogP contribution in [0.4, 0.5) is 0 Å². The summed E-state index contributed by atoms with van der Waals surface area (Å²) in [6.45, 7) is 8.21. The zero-order chi connectivity index (χ0) is 12.9. The van der Waals surface area contributed by atoms with Gasteiger partial charge in [0.15, 0.2) is 0 Å². The molecule has 0 aromatic heterocycles. The van der Waals surface area contributed by atoms with Gasteiger partial charge >= 0.3 is 5.97 Å². The summed E-state index contributed by atoms with van der Waals surface area (Å²) in [6, 6.07) is -0.164. The second-order valence-electron chi connectivity index (χ2n) is 4.39. The SMILES string of the molecule is CCOC(=O)CN(C(=O)C(C)(C)O)C(C)C. The predicted molar refractivity (Wildman–Crippen MR) is 59.8 cm³/mol. The van der Waals surface area contributed by atoms with E-state index in [2.05, 4.69) is 0 Å². The molecule has 0 aromatic rings. The van der Waals surface area contributed by atoms with Crippen LogP contribution in [0.25, 0.3) is 0 Å². The maximum atomic E-state index is 11.8. The van der Waals surface area contributed by atoms with E-state index in [1.807, 2.05) is 0 Å². The Morgan fingerprint density at radius 2 is 1.88 bits per heavy atom. The van der Waals surface area contributed by atoms with E-state index in [-0.39, 0.29) is 19.2 Å². The van der Waals surface area contributed by atoms with Gasteiger partial charge in [0.1, 0.15) is 12.1 Å². The van der Waals surface area contributed by atoms with E-state index in [9.17, 15) is 14.7 Å². The first-order chi connectivity index (χ1) is 7.20. The van der Waals surface area contributed by atoms with Crippen molar-refractivity contribution in [2.45, 2.75) is 46.3 Å². The Bertz CT molecular complexity index is 255. The van der Waals surface area contributed by atoms with Gasteiger partial charge in [0.05, 0.1) is 6.61 Å². The van der Waals surface area contributed by atoms with Gasteiger partial charge in [-0.2, -0.15) is 0 Å². The quantitative estimate of drug-likeness (QED) is 0.702. The average Bonchev–Trinajstić information content (AvgIpc) is 2.11. The summed E-state index contributed by atoms with van der Waals surface area (Å²) in [7, 11) is 0. The highest BCUT2D eigenvalue weighted by Gasteiger charge is 2.32. The van der Waals surface area contributed by atoms with Crippen LogP contribution in [0.3, 0.4) is 0 Å². The van der Waals surface area contributed by atoms with Crippen molar-refractivity contribution in [3.05, 3.63) is 0 Å². The lowest BCUT2D eigenvalue weighted by Gasteiger charge is -2.30. The number of amides is 1. The number of hydrogen-bond donors (Lipinski definition) is 1. The van der Waals surface area contributed by atoms with Crippen molar-refractivity contribution >= 4 is 11.9 Å². The third kappa shape index (κ3) is 4.61. The fraction of sp³-hybridized carbons (Fsp3) is 0.818. The first kappa shape index (κ1) is 14.9. The van der Waals surface area contributed by atoms with E-state index in [4.69, 9.17) is 4.74 Å². The van der Waals surface area contributed by atoms with Crippen LogP contribution >= 0.6 is 0 Å². The van der Waals surface area contributed by atoms with Crippen LogP contribution in [-0.4, -0.2) is 46.7 Å². The van der Waals surface area contributed by atoms with Crippen molar-refractivity contribution in [3.63, 3.8) is 0 Å². The molecule has 0 radical (unpaired) electrons. The van der Waals surface area contributed by atoms with Crippen molar-refractivity contribution in [3.8, 4) is 0 Å². The molecular formula is C11H21NO4. The van der Waals surface area contributed by atoms with Crippen molar-refractivity contribution in [2.24, 2.45) is 0 Å². The largest absolute Gasteiger partial charge is 0.465 e. The molecule has 0 saturated heterocycles. The van der Waals surface area contributed by atoms with E-state index in [1.165, 1.54) is 18.7 Å². The molecule has 0 spiro atoms. The topological polar surface area (TPSA) is 66.8 Å². The van der Waals surface area contributed by atoms with Gasteiger partial charge in [-0.3, -0.25) is 9.59 Å². The van der Waals surface area contributed by atoms with E-state index in [0.29, 0.717) is 0 Å². The van der Waals surface area contributed by atoms with Gasteiger partial charge < -0.3 is 14.7 Å². The highest BCUT2D eigenvalue weighted by Crippen LogP contribution is 2.10. The lowest BCUT2D eigenvalue weighted by molar-refractivity contribution is -0.157. The molecule has 0 aliphatic heterocycles. The molecule has 0 rings (SSSR count). The molecule has 0 aliphatic carbocycles. The van der Waals surface area contributed by atoms with E-state index in [0.717, 1.165) is 0 Å². The van der Waals surface area contributed by atoms with Crippen LogP contribution in [0, 0.1) is 0 Å². The molecule has 0 saturated carbocycles. The fourth-order valence-electron chi connectivity index (χ4n) is 1.19. The number of aliphatic hydroxyl groups is 1. The van der Waals surface area contributed by atoms with E-state index in [1.54, 1.807) is 20.8 Å². The molecule has 0 aromatic carbocycles. The minimum Gasteiger partial charge on any atom is -0.465 e. The molecule has 0 heterocycles. The second-order valence-corrected chi connectivity index (χ2v) is 4.39. The van der Waals surface area contributed by atoms with Crippen molar-refractivity contribution in [2.75, 3.05) is 13.2 Å². The maximum absolute atomic E-state index is 11.8. The summed E-state index contributed by atoms with van der Waals surface area (Å²) in [5.74, 6) is -0.940. The molecule has 0 fully saturated rings. The average molecular weight is 231 g/mol. The number of rotatable bonds is 5. The summed E-state index contributed by atoms with van der Waals surface area (Å²) >= 11 is 0. The van der Waals surface area contributed by atoms with Crippen LogP contribution in [-0.2, 0) is 14.3 Å². The molecular weight excluding hydrogens is 210 g/mol. The number of hydrogen-bond acceptors (Lipinski definition) is 4. The van der Waals surface area contributed by atoms with Crippen LogP contribution in [0.15, 0.2) is 0 Å². The van der Waals surface area contributed by atoms with Gasteiger partial charge in [-0.1, -0.05) is 0 Å². The summed E-state index contributed by atoms with van der Waals surface area (Å²) < 4.78 is 4.77. The summed E-state index contributed by atoms with van der Waals surface area (Å²) in [5.41, 5.74) is -1.48. The minimum atomic E-state index is -1.48. The molecule has 0 atom stereocenters. The minimum absolute atomic E-state index is 0.131. The number of carbonyl (C=O) groups is 2. The zero-order valence-corrected chi connectivity index (χ0v) is 10.6.